The van der Waals surface area contributed by atoms with E-state index in [1.807, 2.05) is 4.90 Å². The van der Waals surface area contributed by atoms with E-state index in [1.165, 1.54) is 22.9 Å². The van der Waals surface area contributed by atoms with E-state index in [1.54, 1.807) is 19.3 Å². The zero-order valence-electron chi connectivity index (χ0n) is 16.0. The molecule has 0 aliphatic carbocycles. The Morgan fingerprint density at radius 2 is 1.93 bits per heavy atom. The summed E-state index contributed by atoms with van der Waals surface area (Å²) in [6, 6.07) is 7.66. The fraction of sp³-hybridized carbons (Fsp3) is 0.238. The lowest BCUT2D eigenvalue weighted by Crippen LogP contribution is -2.37. The average Bonchev–Trinajstić information content (AvgIpc) is 3.29. The van der Waals surface area contributed by atoms with Crippen LogP contribution in [0.1, 0.15) is 16.8 Å². The molecule has 1 atom stereocenters. The second-order valence-electron chi connectivity index (χ2n) is 7.20. The molecular weight excluding hydrogens is 417 g/mol. The summed E-state index contributed by atoms with van der Waals surface area (Å²) >= 11 is 6.10. The van der Waals surface area contributed by atoms with Crippen LogP contribution in [0.4, 0.5) is 18.9 Å². The van der Waals surface area contributed by atoms with Gasteiger partial charge in [0.25, 0.3) is 5.91 Å². The predicted molar refractivity (Wildman–Crippen MR) is 108 cm³/mol. The molecule has 0 unspecified atom stereocenters. The van der Waals surface area contributed by atoms with E-state index < -0.39 is 23.4 Å². The van der Waals surface area contributed by atoms with Gasteiger partial charge < -0.3 is 10.2 Å². The lowest BCUT2D eigenvalue weighted by atomic mass is 10.1. The molecule has 0 spiro atoms. The molecule has 1 N–H and O–H groups in total. The van der Waals surface area contributed by atoms with Crippen LogP contribution < -0.4 is 10.2 Å². The van der Waals surface area contributed by atoms with Crippen LogP contribution in [0.5, 0.6) is 0 Å². The maximum Gasteiger partial charge on any atom is 0.254 e. The van der Waals surface area contributed by atoms with Gasteiger partial charge in [-0.25, -0.2) is 13.2 Å². The van der Waals surface area contributed by atoms with Crippen molar-refractivity contribution in [2.75, 3.05) is 18.0 Å². The molecule has 1 aliphatic heterocycles. The second-order valence-corrected chi connectivity index (χ2v) is 7.60. The van der Waals surface area contributed by atoms with Crippen molar-refractivity contribution >= 4 is 23.2 Å². The summed E-state index contributed by atoms with van der Waals surface area (Å²) in [5.74, 6) is -3.05. The van der Waals surface area contributed by atoms with Crippen LogP contribution in [0.3, 0.4) is 0 Å². The molecule has 3 aromatic rings. The van der Waals surface area contributed by atoms with Crippen molar-refractivity contribution < 1.29 is 18.0 Å². The SMILES string of the molecule is Cn1cc(Cl)c(-c2ccc(C(=O)N[C@H]3CCN(c4ccc(F)c(F)c4)C3)c(F)c2)n1. The van der Waals surface area contributed by atoms with Crippen LogP contribution in [-0.2, 0) is 7.05 Å². The quantitative estimate of drug-likeness (QED) is 0.670. The third-order valence-electron chi connectivity index (χ3n) is 5.06. The lowest BCUT2D eigenvalue weighted by Gasteiger charge is -2.19. The summed E-state index contributed by atoms with van der Waals surface area (Å²) in [4.78, 5) is 14.4. The highest BCUT2D eigenvalue weighted by atomic mass is 35.5. The minimum Gasteiger partial charge on any atom is -0.369 e. The van der Waals surface area contributed by atoms with E-state index in [2.05, 4.69) is 10.4 Å². The van der Waals surface area contributed by atoms with E-state index in [0.717, 1.165) is 12.1 Å². The van der Waals surface area contributed by atoms with Crippen molar-refractivity contribution in [2.45, 2.75) is 12.5 Å². The summed E-state index contributed by atoms with van der Waals surface area (Å²) in [6.45, 7) is 0.982. The minimum absolute atomic E-state index is 0.0860. The Hall–Kier alpha value is -3.00. The molecule has 1 amide bonds. The standard InChI is InChI=1S/C21H18ClF3N4O/c1-28-11-16(22)20(27-28)12-2-4-15(18(24)8-12)21(30)26-13-6-7-29(10-13)14-3-5-17(23)19(25)9-14/h2-5,8-9,11,13H,6-7,10H2,1H3,(H,26,30)/t13-/m0/s1. The number of nitrogens with zero attached hydrogens (tertiary/aromatic N) is 3. The first kappa shape index (κ1) is 20.3. The number of halogens is 4. The Bertz CT molecular complexity index is 1120. The van der Waals surface area contributed by atoms with Gasteiger partial charge in [-0.15, -0.1) is 0 Å². The molecule has 1 aromatic heterocycles. The number of hydrogen-bond acceptors (Lipinski definition) is 3. The Kier molecular flexibility index (Phi) is 5.42. The fourth-order valence-electron chi connectivity index (χ4n) is 3.56. The van der Waals surface area contributed by atoms with Crippen LogP contribution >= 0.6 is 11.6 Å². The number of benzene rings is 2. The number of aromatic nitrogens is 2. The second kappa shape index (κ2) is 8.02. The first-order valence-corrected chi connectivity index (χ1v) is 9.69. The van der Waals surface area contributed by atoms with Gasteiger partial charge in [-0.3, -0.25) is 9.48 Å². The van der Waals surface area contributed by atoms with Crippen molar-refractivity contribution in [1.29, 1.82) is 0 Å². The maximum atomic E-state index is 14.6. The summed E-state index contributed by atoms with van der Waals surface area (Å²) in [7, 11) is 1.71. The Balaban J connectivity index is 1.44. The number of nitrogens with one attached hydrogen (secondary N) is 1. The van der Waals surface area contributed by atoms with Crippen LogP contribution in [0, 0.1) is 17.5 Å². The smallest absolute Gasteiger partial charge is 0.254 e. The molecule has 1 fully saturated rings. The molecule has 0 radical (unpaired) electrons. The molecule has 2 aromatic carbocycles. The number of anilines is 1. The summed E-state index contributed by atoms with van der Waals surface area (Å²) in [5.41, 5.74) is 1.36. The van der Waals surface area contributed by atoms with E-state index in [0.29, 0.717) is 41.5 Å². The Morgan fingerprint density at radius 3 is 2.60 bits per heavy atom. The van der Waals surface area contributed by atoms with Gasteiger partial charge in [0.15, 0.2) is 11.6 Å². The van der Waals surface area contributed by atoms with E-state index in [4.69, 9.17) is 11.6 Å². The van der Waals surface area contributed by atoms with Crippen molar-refractivity contribution in [2.24, 2.45) is 7.05 Å². The summed E-state index contributed by atoms with van der Waals surface area (Å²) in [5, 5.41) is 7.38. The van der Waals surface area contributed by atoms with E-state index >= 15 is 0 Å². The van der Waals surface area contributed by atoms with Gasteiger partial charge in [0.05, 0.1) is 10.6 Å². The molecule has 30 heavy (non-hydrogen) atoms. The first-order chi connectivity index (χ1) is 14.3. The van der Waals surface area contributed by atoms with Gasteiger partial charge >= 0.3 is 0 Å². The van der Waals surface area contributed by atoms with Crippen LogP contribution in [0.2, 0.25) is 5.02 Å². The molecule has 4 rings (SSSR count). The van der Waals surface area contributed by atoms with E-state index in [-0.39, 0.29) is 11.6 Å². The van der Waals surface area contributed by atoms with Gasteiger partial charge in [0, 0.05) is 49.7 Å². The molecule has 1 saturated heterocycles. The Morgan fingerprint density at radius 1 is 1.13 bits per heavy atom. The van der Waals surface area contributed by atoms with Crippen molar-refractivity contribution in [3.8, 4) is 11.3 Å². The number of carbonyl (C=O) groups excluding carboxylic acids is 1. The van der Waals surface area contributed by atoms with Crippen molar-refractivity contribution in [3.05, 3.63) is 70.6 Å². The zero-order valence-corrected chi connectivity index (χ0v) is 16.8. The average molecular weight is 435 g/mol. The highest BCUT2D eigenvalue weighted by molar-refractivity contribution is 6.33. The van der Waals surface area contributed by atoms with Gasteiger partial charge in [0.1, 0.15) is 11.5 Å². The molecular formula is C21H18ClF3N4O. The summed E-state index contributed by atoms with van der Waals surface area (Å²) < 4.78 is 42.7. The molecule has 1 aliphatic rings. The third kappa shape index (κ3) is 4.00. The van der Waals surface area contributed by atoms with Crippen LogP contribution in [0.25, 0.3) is 11.3 Å². The highest BCUT2D eigenvalue weighted by Gasteiger charge is 2.26. The zero-order chi connectivity index (χ0) is 21.4. The molecule has 5 nitrogen and oxygen atoms in total. The first-order valence-electron chi connectivity index (χ1n) is 9.32. The number of hydrogen-bond donors (Lipinski definition) is 1. The molecule has 0 saturated carbocycles. The largest absolute Gasteiger partial charge is 0.369 e. The Labute approximate surface area is 176 Å². The molecule has 9 heteroatoms. The number of aryl methyl sites for hydroxylation is 1. The minimum atomic E-state index is -0.921. The van der Waals surface area contributed by atoms with E-state index in [9.17, 15) is 18.0 Å². The maximum absolute atomic E-state index is 14.6. The van der Waals surface area contributed by atoms with Crippen molar-refractivity contribution in [3.63, 3.8) is 0 Å². The van der Waals surface area contributed by atoms with Crippen LogP contribution in [0.15, 0.2) is 42.6 Å². The van der Waals surface area contributed by atoms with Gasteiger partial charge in [-0.1, -0.05) is 17.7 Å². The van der Waals surface area contributed by atoms with Gasteiger partial charge in [-0.05, 0) is 30.7 Å². The van der Waals surface area contributed by atoms with Gasteiger partial charge in [-0.2, -0.15) is 5.10 Å². The number of rotatable bonds is 4. The van der Waals surface area contributed by atoms with Crippen LogP contribution in [-0.4, -0.2) is 34.8 Å². The predicted octanol–water partition coefficient (Wildman–Crippen LogP) is 4.17. The topological polar surface area (TPSA) is 50.2 Å². The molecule has 2 heterocycles. The monoisotopic (exact) mass is 434 g/mol. The third-order valence-corrected chi connectivity index (χ3v) is 5.34. The molecule has 0 bridgehead atoms. The normalized spacial score (nSPS) is 16.2. The number of carbonyl (C=O) groups is 1. The summed E-state index contributed by atoms with van der Waals surface area (Å²) in [6.07, 6.45) is 2.21. The fourth-order valence-corrected chi connectivity index (χ4v) is 3.85. The van der Waals surface area contributed by atoms with Crippen molar-refractivity contribution in [1.82, 2.24) is 15.1 Å². The van der Waals surface area contributed by atoms with Gasteiger partial charge in [0.2, 0.25) is 0 Å². The lowest BCUT2D eigenvalue weighted by molar-refractivity contribution is 0.0936. The highest BCUT2D eigenvalue weighted by Crippen LogP contribution is 2.28. The molecule has 156 valence electrons. The number of amides is 1.